The lowest BCUT2D eigenvalue weighted by Crippen LogP contribution is -1.96. The number of hydrogen-bond acceptors (Lipinski definition) is 5. The van der Waals surface area contributed by atoms with Crippen LogP contribution in [0.3, 0.4) is 0 Å². The second-order valence-electron chi connectivity index (χ2n) is 3.26. The Hall–Kier alpha value is -2.77. The monoisotopic (exact) mass is 252 g/mol. The molecule has 2 aromatic rings. The smallest absolute Gasteiger partial charge is 0.357 e. The molecule has 0 fully saturated rings. The third kappa shape index (κ3) is 2.03. The van der Waals surface area contributed by atoms with E-state index in [1.807, 2.05) is 0 Å². The molecule has 0 aliphatic heterocycles. The zero-order valence-electron chi connectivity index (χ0n) is 8.66. The Morgan fingerprint density at radius 1 is 1.50 bits per heavy atom. The number of benzene rings is 1. The van der Waals surface area contributed by atoms with Crippen LogP contribution >= 0.6 is 0 Å². The summed E-state index contributed by atoms with van der Waals surface area (Å²) in [4.78, 5) is 23.8. The normalized spacial score (nSPS) is 10.3. The fourth-order valence-electron chi connectivity index (χ4n) is 1.29. The van der Waals surface area contributed by atoms with Gasteiger partial charge in [0, 0.05) is 6.07 Å². The molecule has 1 N–H and O–H groups in total. The van der Waals surface area contributed by atoms with Gasteiger partial charge in [0.2, 0.25) is 5.89 Å². The van der Waals surface area contributed by atoms with Crippen LogP contribution in [-0.4, -0.2) is 21.0 Å². The summed E-state index contributed by atoms with van der Waals surface area (Å²) < 4.78 is 18.3. The van der Waals surface area contributed by atoms with Gasteiger partial charge in [-0.15, -0.1) is 0 Å². The molecule has 0 amide bonds. The van der Waals surface area contributed by atoms with Gasteiger partial charge in [0.15, 0.2) is 5.69 Å². The number of rotatable bonds is 3. The summed E-state index contributed by atoms with van der Waals surface area (Å²) in [6, 6.07) is 2.88. The maximum absolute atomic E-state index is 13.6. The van der Waals surface area contributed by atoms with E-state index in [0.29, 0.717) is 6.07 Å². The minimum atomic E-state index is -1.31. The first-order chi connectivity index (χ1) is 8.49. The van der Waals surface area contributed by atoms with Crippen molar-refractivity contribution < 1.29 is 23.6 Å². The maximum atomic E-state index is 13.6. The lowest BCUT2D eigenvalue weighted by Gasteiger charge is -1.97. The minimum Gasteiger partial charge on any atom is -0.476 e. The SMILES string of the molecule is O=C(O)c1coc(-c2ccc([N+](=O)[O-])cc2F)n1. The molecule has 7 nitrogen and oxygen atoms in total. The van der Waals surface area contributed by atoms with Crippen molar-refractivity contribution in [1.29, 1.82) is 0 Å². The number of hydrogen-bond donors (Lipinski definition) is 1. The predicted molar refractivity (Wildman–Crippen MR) is 55.5 cm³/mol. The van der Waals surface area contributed by atoms with E-state index < -0.39 is 22.4 Å². The van der Waals surface area contributed by atoms with E-state index in [9.17, 15) is 19.3 Å². The van der Waals surface area contributed by atoms with E-state index in [1.165, 1.54) is 0 Å². The van der Waals surface area contributed by atoms with Crippen molar-refractivity contribution in [2.75, 3.05) is 0 Å². The maximum Gasteiger partial charge on any atom is 0.357 e. The van der Waals surface area contributed by atoms with E-state index in [-0.39, 0.29) is 17.1 Å². The lowest BCUT2D eigenvalue weighted by atomic mass is 10.2. The molecule has 8 heteroatoms. The topological polar surface area (TPSA) is 106 Å². The van der Waals surface area contributed by atoms with Gasteiger partial charge >= 0.3 is 5.97 Å². The Morgan fingerprint density at radius 3 is 2.72 bits per heavy atom. The summed E-state index contributed by atoms with van der Waals surface area (Å²) >= 11 is 0. The van der Waals surface area contributed by atoms with Crippen molar-refractivity contribution in [3.05, 3.63) is 46.1 Å². The molecule has 0 aliphatic rings. The Kier molecular flexibility index (Phi) is 2.76. The number of carbonyl (C=O) groups is 1. The molecule has 0 radical (unpaired) electrons. The quantitative estimate of drug-likeness (QED) is 0.662. The lowest BCUT2D eigenvalue weighted by molar-refractivity contribution is -0.385. The first-order valence-electron chi connectivity index (χ1n) is 4.62. The van der Waals surface area contributed by atoms with Gasteiger partial charge in [-0.05, 0) is 6.07 Å². The molecular formula is C10H5FN2O5. The second-order valence-corrected chi connectivity index (χ2v) is 3.26. The minimum absolute atomic E-state index is 0.145. The number of nitro groups is 1. The average Bonchev–Trinajstić information content (AvgIpc) is 2.78. The van der Waals surface area contributed by atoms with Crippen LogP contribution in [0.4, 0.5) is 10.1 Å². The Balaban J connectivity index is 2.44. The van der Waals surface area contributed by atoms with E-state index in [2.05, 4.69) is 4.98 Å². The van der Waals surface area contributed by atoms with E-state index in [0.717, 1.165) is 18.4 Å². The van der Waals surface area contributed by atoms with Crippen molar-refractivity contribution in [1.82, 2.24) is 4.98 Å². The molecule has 0 unspecified atom stereocenters. The van der Waals surface area contributed by atoms with Crippen LogP contribution < -0.4 is 0 Å². The first-order valence-corrected chi connectivity index (χ1v) is 4.62. The Bertz CT molecular complexity index is 637. The van der Waals surface area contributed by atoms with Crippen molar-refractivity contribution in [2.24, 2.45) is 0 Å². The van der Waals surface area contributed by atoms with E-state index in [4.69, 9.17) is 9.52 Å². The third-order valence-electron chi connectivity index (χ3n) is 2.12. The molecule has 0 atom stereocenters. The molecule has 0 saturated carbocycles. The summed E-state index contributed by atoms with van der Waals surface area (Å²) in [5.74, 6) is -2.48. The molecule has 0 bridgehead atoms. The molecule has 18 heavy (non-hydrogen) atoms. The third-order valence-corrected chi connectivity index (χ3v) is 2.12. The van der Waals surface area contributed by atoms with Crippen LogP contribution in [0.1, 0.15) is 10.5 Å². The summed E-state index contributed by atoms with van der Waals surface area (Å²) in [7, 11) is 0. The van der Waals surface area contributed by atoms with E-state index >= 15 is 0 Å². The Labute approximate surface area is 98.6 Å². The number of aromatic carboxylic acids is 1. The standard InChI is InChI=1S/C10H5FN2O5/c11-7-3-5(13(16)17)1-2-6(7)9-12-8(4-18-9)10(14)15/h1-4H,(H,14,15). The zero-order valence-corrected chi connectivity index (χ0v) is 8.66. The summed E-state index contributed by atoms with van der Waals surface area (Å²) in [6.45, 7) is 0. The van der Waals surface area contributed by atoms with Crippen molar-refractivity contribution in [2.45, 2.75) is 0 Å². The number of halogens is 1. The summed E-state index contributed by atoms with van der Waals surface area (Å²) in [5.41, 5.74) is -0.933. The van der Waals surface area contributed by atoms with Gasteiger partial charge in [-0.25, -0.2) is 14.2 Å². The number of nitro benzene ring substituents is 1. The van der Waals surface area contributed by atoms with Crippen LogP contribution in [0.5, 0.6) is 0 Å². The van der Waals surface area contributed by atoms with Crippen LogP contribution in [0.15, 0.2) is 28.9 Å². The molecule has 1 aromatic carbocycles. The van der Waals surface area contributed by atoms with Crippen LogP contribution in [-0.2, 0) is 0 Å². The van der Waals surface area contributed by atoms with Gasteiger partial charge in [-0.2, -0.15) is 0 Å². The largest absolute Gasteiger partial charge is 0.476 e. The fourth-order valence-corrected chi connectivity index (χ4v) is 1.29. The van der Waals surface area contributed by atoms with Gasteiger partial charge in [0.1, 0.15) is 12.1 Å². The predicted octanol–water partition coefficient (Wildman–Crippen LogP) is 2.09. The number of carboxylic acid groups (broad SMARTS) is 1. The van der Waals surface area contributed by atoms with Gasteiger partial charge in [-0.1, -0.05) is 0 Å². The number of non-ortho nitro benzene ring substituents is 1. The highest BCUT2D eigenvalue weighted by Gasteiger charge is 2.17. The zero-order chi connectivity index (χ0) is 13.3. The van der Waals surface area contributed by atoms with Crippen LogP contribution in [0.2, 0.25) is 0 Å². The molecule has 1 aromatic heterocycles. The van der Waals surface area contributed by atoms with Crippen molar-refractivity contribution in [3.63, 3.8) is 0 Å². The van der Waals surface area contributed by atoms with E-state index in [1.54, 1.807) is 0 Å². The number of oxazole rings is 1. The molecule has 0 spiro atoms. The molecule has 2 rings (SSSR count). The molecular weight excluding hydrogens is 247 g/mol. The number of nitrogens with zero attached hydrogens (tertiary/aromatic N) is 2. The Morgan fingerprint density at radius 2 is 2.22 bits per heavy atom. The number of carboxylic acids is 1. The van der Waals surface area contributed by atoms with Crippen LogP contribution in [0.25, 0.3) is 11.5 Å². The summed E-state index contributed by atoms with van der Waals surface area (Å²) in [5, 5.41) is 19.0. The fraction of sp³-hybridized carbons (Fsp3) is 0. The first kappa shape index (κ1) is 11.7. The van der Waals surface area contributed by atoms with Gasteiger partial charge in [0.25, 0.3) is 5.69 Å². The molecule has 0 saturated heterocycles. The average molecular weight is 252 g/mol. The summed E-state index contributed by atoms with van der Waals surface area (Å²) in [6.07, 6.45) is 0.860. The van der Waals surface area contributed by atoms with Crippen molar-refractivity contribution in [3.8, 4) is 11.5 Å². The highest BCUT2D eigenvalue weighted by molar-refractivity contribution is 5.85. The second kappa shape index (κ2) is 4.24. The molecule has 1 heterocycles. The van der Waals surface area contributed by atoms with Gasteiger partial charge < -0.3 is 9.52 Å². The van der Waals surface area contributed by atoms with Crippen LogP contribution in [0, 0.1) is 15.9 Å². The highest BCUT2D eigenvalue weighted by Crippen LogP contribution is 2.25. The highest BCUT2D eigenvalue weighted by atomic mass is 19.1. The van der Waals surface area contributed by atoms with Gasteiger partial charge in [0.05, 0.1) is 16.6 Å². The number of aromatic nitrogens is 1. The van der Waals surface area contributed by atoms with Crippen molar-refractivity contribution >= 4 is 11.7 Å². The molecule has 0 aliphatic carbocycles. The molecule has 92 valence electrons. The van der Waals surface area contributed by atoms with Gasteiger partial charge in [-0.3, -0.25) is 10.1 Å².